The van der Waals surface area contributed by atoms with Crippen LogP contribution in [-0.4, -0.2) is 8.42 Å². The molecule has 0 fully saturated rings. The molecule has 20 heavy (non-hydrogen) atoms. The van der Waals surface area contributed by atoms with Gasteiger partial charge in [-0.05, 0) is 36.8 Å². The van der Waals surface area contributed by atoms with Gasteiger partial charge in [-0.2, -0.15) is 0 Å². The predicted octanol–water partition coefficient (Wildman–Crippen LogP) is 1.76. The first-order valence-corrected chi connectivity index (χ1v) is 7.61. The van der Waals surface area contributed by atoms with Crippen LogP contribution in [0.3, 0.4) is 0 Å². The third-order valence-corrected chi connectivity index (χ3v) is 4.30. The first-order chi connectivity index (χ1) is 9.51. The van der Waals surface area contributed by atoms with Crippen molar-refractivity contribution in [1.82, 2.24) is 4.72 Å². The van der Waals surface area contributed by atoms with Gasteiger partial charge in [-0.15, -0.1) is 0 Å². The van der Waals surface area contributed by atoms with Gasteiger partial charge in [-0.25, -0.2) is 13.1 Å². The lowest BCUT2D eigenvalue weighted by atomic mass is 10.1. The Morgan fingerprint density at radius 2 is 1.80 bits per heavy atom. The summed E-state index contributed by atoms with van der Waals surface area (Å²) < 4.78 is 26.8. The molecule has 0 atom stereocenters. The average molecular weight is 291 g/mol. The van der Waals surface area contributed by atoms with Gasteiger partial charge in [-0.1, -0.05) is 29.8 Å². The van der Waals surface area contributed by atoms with Crippen molar-refractivity contribution in [2.75, 3.05) is 5.43 Å². The molecule has 5 nitrogen and oxygen atoms in total. The van der Waals surface area contributed by atoms with Crippen molar-refractivity contribution in [2.45, 2.75) is 18.4 Å². The van der Waals surface area contributed by atoms with Crippen LogP contribution in [0.1, 0.15) is 11.1 Å². The number of hydrogen-bond donors (Lipinski definition) is 3. The van der Waals surface area contributed by atoms with Crippen LogP contribution in [-0.2, 0) is 16.6 Å². The summed E-state index contributed by atoms with van der Waals surface area (Å²) in [4.78, 5) is 0.212. The number of rotatable bonds is 5. The molecule has 0 amide bonds. The molecule has 0 spiro atoms. The minimum Gasteiger partial charge on any atom is -0.324 e. The Labute approximate surface area is 118 Å². The lowest BCUT2D eigenvalue weighted by Crippen LogP contribution is -2.23. The topological polar surface area (TPSA) is 84.2 Å². The number of anilines is 1. The van der Waals surface area contributed by atoms with Crippen LogP contribution in [0.5, 0.6) is 0 Å². The highest BCUT2D eigenvalue weighted by Crippen LogP contribution is 2.13. The number of hydrogen-bond acceptors (Lipinski definition) is 4. The van der Waals surface area contributed by atoms with Crippen molar-refractivity contribution in [3.8, 4) is 0 Å². The van der Waals surface area contributed by atoms with E-state index < -0.39 is 10.0 Å². The zero-order valence-corrected chi connectivity index (χ0v) is 11.9. The van der Waals surface area contributed by atoms with Gasteiger partial charge in [0.1, 0.15) is 0 Å². The van der Waals surface area contributed by atoms with Gasteiger partial charge in [-0.3, -0.25) is 5.84 Å². The van der Waals surface area contributed by atoms with E-state index in [-0.39, 0.29) is 11.4 Å². The van der Waals surface area contributed by atoms with Crippen molar-refractivity contribution in [3.05, 3.63) is 59.7 Å². The minimum absolute atomic E-state index is 0.212. The number of sulfonamides is 1. The van der Waals surface area contributed by atoms with Gasteiger partial charge in [0.15, 0.2) is 0 Å². The van der Waals surface area contributed by atoms with E-state index in [0.29, 0.717) is 5.69 Å². The Hall–Kier alpha value is -1.89. The number of benzene rings is 2. The van der Waals surface area contributed by atoms with E-state index in [0.717, 1.165) is 11.1 Å². The number of nitrogens with one attached hydrogen (secondary N) is 2. The van der Waals surface area contributed by atoms with Crippen LogP contribution >= 0.6 is 0 Å². The van der Waals surface area contributed by atoms with E-state index >= 15 is 0 Å². The standard InChI is InChI=1S/C14H17N3O2S/c1-11-3-2-4-12(9-11)10-16-20(18,19)14-7-5-13(17-15)6-8-14/h2-9,16-17H,10,15H2,1H3. The maximum absolute atomic E-state index is 12.1. The Morgan fingerprint density at radius 1 is 1.10 bits per heavy atom. The monoisotopic (exact) mass is 291 g/mol. The molecule has 0 bridgehead atoms. The van der Waals surface area contributed by atoms with Crippen molar-refractivity contribution in [1.29, 1.82) is 0 Å². The number of nitrogen functional groups attached to an aromatic ring is 1. The zero-order chi connectivity index (χ0) is 14.6. The summed E-state index contributed by atoms with van der Waals surface area (Å²) in [6.45, 7) is 2.23. The summed E-state index contributed by atoms with van der Waals surface area (Å²) in [5, 5.41) is 0. The molecular weight excluding hydrogens is 274 g/mol. The lowest BCUT2D eigenvalue weighted by Gasteiger charge is -2.08. The molecule has 0 aromatic heterocycles. The molecule has 0 aliphatic rings. The Balaban J connectivity index is 2.10. The molecule has 0 heterocycles. The van der Waals surface area contributed by atoms with Gasteiger partial charge in [0, 0.05) is 12.2 Å². The molecule has 0 saturated heterocycles. The van der Waals surface area contributed by atoms with Gasteiger partial charge in [0.05, 0.1) is 4.90 Å². The highest BCUT2D eigenvalue weighted by molar-refractivity contribution is 7.89. The van der Waals surface area contributed by atoms with Crippen molar-refractivity contribution in [3.63, 3.8) is 0 Å². The van der Waals surface area contributed by atoms with E-state index in [1.54, 1.807) is 12.1 Å². The Morgan fingerprint density at radius 3 is 2.40 bits per heavy atom. The molecule has 0 saturated carbocycles. The summed E-state index contributed by atoms with van der Waals surface area (Å²) in [5.41, 5.74) is 5.13. The Kier molecular flexibility index (Phi) is 4.39. The van der Waals surface area contributed by atoms with Crippen LogP contribution in [0, 0.1) is 6.92 Å². The fraction of sp³-hybridized carbons (Fsp3) is 0.143. The van der Waals surface area contributed by atoms with Crippen LogP contribution < -0.4 is 16.0 Å². The maximum atomic E-state index is 12.1. The van der Waals surface area contributed by atoms with E-state index in [9.17, 15) is 8.42 Å². The number of nitrogens with two attached hydrogens (primary N) is 1. The molecule has 6 heteroatoms. The van der Waals surface area contributed by atoms with Crippen LogP contribution in [0.15, 0.2) is 53.4 Å². The van der Waals surface area contributed by atoms with Crippen LogP contribution in [0.2, 0.25) is 0 Å². The molecule has 2 aromatic carbocycles. The van der Waals surface area contributed by atoms with Crippen molar-refractivity contribution >= 4 is 15.7 Å². The van der Waals surface area contributed by atoms with E-state index in [2.05, 4.69) is 10.1 Å². The van der Waals surface area contributed by atoms with Gasteiger partial charge in [0.25, 0.3) is 0 Å². The molecule has 0 radical (unpaired) electrons. The fourth-order valence-electron chi connectivity index (χ4n) is 1.81. The molecule has 2 aromatic rings. The largest absolute Gasteiger partial charge is 0.324 e. The summed E-state index contributed by atoms with van der Waals surface area (Å²) in [7, 11) is -3.51. The fourth-order valence-corrected chi connectivity index (χ4v) is 2.83. The molecule has 0 aliphatic carbocycles. The van der Waals surface area contributed by atoms with E-state index in [1.165, 1.54) is 12.1 Å². The van der Waals surface area contributed by atoms with Gasteiger partial charge in [0.2, 0.25) is 10.0 Å². The highest BCUT2D eigenvalue weighted by Gasteiger charge is 2.13. The Bertz CT molecular complexity index is 682. The maximum Gasteiger partial charge on any atom is 0.240 e. The zero-order valence-electron chi connectivity index (χ0n) is 11.1. The third kappa shape index (κ3) is 3.57. The smallest absolute Gasteiger partial charge is 0.240 e. The van der Waals surface area contributed by atoms with Crippen molar-refractivity contribution in [2.24, 2.45) is 5.84 Å². The minimum atomic E-state index is -3.51. The number of hydrazine groups is 1. The van der Waals surface area contributed by atoms with Crippen LogP contribution in [0.25, 0.3) is 0 Å². The molecular formula is C14H17N3O2S. The first kappa shape index (κ1) is 14.5. The SMILES string of the molecule is Cc1cccc(CNS(=O)(=O)c2ccc(NN)cc2)c1. The predicted molar refractivity (Wildman–Crippen MR) is 79.5 cm³/mol. The molecule has 2 rings (SSSR count). The van der Waals surface area contributed by atoms with Crippen molar-refractivity contribution < 1.29 is 8.42 Å². The van der Waals surface area contributed by atoms with E-state index in [1.807, 2.05) is 31.2 Å². The lowest BCUT2D eigenvalue weighted by molar-refractivity contribution is 0.581. The second-order valence-electron chi connectivity index (χ2n) is 4.48. The van der Waals surface area contributed by atoms with Crippen LogP contribution in [0.4, 0.5) is 5.69 Å². The summed E-state index contributed by atoms with van der Waals surface area (Å²) in [5.74, 6) is 5.24. The second-order valence-corrected chi connectivity index (χ2v) is 6.25. The van der Waals surface area contributed by atoms with E-state index in [4.69, 9.17) is 5.84 Å². The molecule has 106 valence electrons. The summed E-state index contributed by atoms with van der Waals surface area (Å²) in [6, 6.07) is 13.9. The van der Waals surface area contributed by atoms with Gasteiger partial charge < -0.3 is 5.43 Å². The van der Waals surface area contributed by atoms with Gasteiger partial charge >= 0.3 is 0 Å². The molecule has 0 aliphatic heterocycles. The molecule has 0 unspecified atom stereocenters. The summed E-state index contributed by atoms with van der Waals surface area (Å²) in [6.07, 6.45) is 0. The third-order valence-electron chi connectivity index (χ3n) is 2.88. The molecule has 4 N–H and O–H groups in total. The average Bonchev–Trinajstić information content (AvgIpc) is 2.45. The summed E-state index contributed by atoms with van der Waals surface area (Å²) >= 11 is 0. The number of aryl methyl sites for hydroxylation is 1. The highest BCUT2D eigenvalue weighted by atomic mass is 32.2. The normalized spacial score (nSPS) is 11.3. The quantitative estimate of drug-likeness (QED) is 0.579. The second kappa shape index (κ2) is 6.04. The first-order valence-electron chi connectivity index (χ1n) is 6.13.